The average Bonchev–Trinajstić information content (AvgIpc) is 2.87. The molecule has 1 aliphatic carbocycles. The van der Waals surface area contributed by atoms with E-state index in [0.29, 0.717) is 19.1 Å². The number of benzene rings is 2. The third-order valence-electron chi connectivity index (χ3n) is 7.25. The molecule has 0 spiro atoms. The minimum Gasteiger partial charge on any atom is -0.308 e. The maximum Gasteiger partial charge on any atom is 0.218 e. The monoisotopic (exact) mass is 467 g/mol. The molecule has 0 amide bonds. The van der Waals surface area contributed by atoms with Crippen molar-refractivity contribution in [2.45, 2.75) is 62.1 Å². The van der Waals surface area contributed by atoms with Crippen LogP contribution >= 0.6 is 0 Å². The summed E-state index contributed by atoms with van der Waals surface area (Å²) >= 11 is 0. The molecule has 3 atom stereocenters. The van der Waals surface area contributed by atoms with Gasteiger partial charge in [-0.25, -0.2) is 10.4 Å². The van der Waals surface area contributed by atoms with Crippen LogP contribution in [0.15, 0.2) is 60.7 Å². The van der Waals surface area contributed by atoms with E-state index in [2.05, 4.69) is 45.3 Å². The minimum absolute atomic E-state index is 0.341. The fourth-order valence-corrected chi connectivity index (χ4v) is 5.27. The summed E-state index contributed by atoms with van der Waals surface area (Å²) in [6.07, 6.45) is 5.95. The van der Waals surface area contributed by atoms with Crippen LogP contribution in [0.3, 0.4) is 0 Å². The Kier molecular flexibility index (Phi) is 7.71. The van der Waals surface area contributed by atoms with E-state index in [-0.39, 0.29) is 0 Å². The molecule has 8 heteroatoms. The number of nitrogens with zero attached hydrogens (tertiary/aromatic N) is 2. The number of morpholine rings is 1. The van der Waals surface area contributed by atoms with E-state index >= 15 is 0 Å². The zero-order valence-electron chi connectivity index (χ0n) is 20.8. The van der Waals surface area contributed by atoms with E-state index in [0.717, 1.165) is 24.0 Å². The zero-order chi connectivity index (χ0) is 24.2. The fourth-order valence-electron chi connectivity index (χ4n) is 5.27. The van der Waals surface area contributed by atoms with Gasteiger partial charge in [0.1, 0.15) is 0 Å². The summed E-state index contributed by atoms with van der Waals surface area (Å²) in [4.78, 5) is 2.00. The largest absolute Gasteiger partial charge is 0.308 e. The van der Waals surface area contributed by atoms with Crippen LogP contribution in [0, 0.1) is 0 Å². The van der Waals surface area contributed by atoms with Gasteiger partial charge in [-0.05, 0) is 45.1 Å². The van der Waals surface area contributed by atoms with Crippen molar-refractivity contribution in [3.8, 4) is 0 Å². The highest BCUT2D eigenvalue weighted by molar-refractivity contribution is 5.29. The Labute approximate surface area is 204 Å². The van der Waals surface area contributed by atoms with Gasteiger partial charge < -0.3 is 10.5 Å². The van der Waals surface area contributed by atoms with Crippen molar-refractivity contribution < 1.29 is 4.74 Å². The van der Waals surface area contributed by atoms with Gasteiger partial charge in [0.2, 0.25) is 5.85 Å². The molecule has 7 N–H and O–H groups in total. The normalized spacial score (nSPS) is 31.1. The fraction of sp³-hybridized carbons (Fsp3) is 0.538. The molecule has 0 bridgehead atoms. The molecule has 2 fully saturated rings. The number of nitrogens with one attached hydrogen (secondary N) is 3. The minimum atomic E-state index is -1.16. The molecule has 2 aromatic carbocycles. The Morgan fingerprint density at radius 2 is 1.59 bits per heavy atom. The Hall–Kier alpha value is -1.88. The molecule has 0 radical (unpaired) electrons. The lowest BCUT2D eigenvalue weighted by atomic mass is 9.89. The van der Waals surface area contributed by atoms with Crippen LogP contribution in [0.2, 0.25) is 0 Å². The Morgan fingerprint density at radius 3 is 2.18 bits per heavy atom. The van der Waals surface area contributed by atoms with Crippen molar-refractivity contribution in [3.63, 3.8) is 0 Å². The highest BCUT2D eigenvalue weighted by Crippen LogP contribution is 2.42. The maximum atomic E-state index is 7.51. The lowest BCUT2D eigenvalue weighted by molar-refractivity contribution is -0.354. The topological polar surface area (TPSA) is 104 Å². The third kappa shape index (κ3) is 4.78. The van der Waals surface area contributed by atoms with E-state index < -0.39 is 17.4 Å². The van der Waals surface area contributed by atoms with Gasteiger partial charge in [-0.2, -0.15) is 0 Å². The molecule has 0 aromatic heterocycles. The van der Waals surface area contributed by atoms with E-state index in [9.17, 15) is 0 Å². The summed E-state index contributed by atoms with van der Waals surface area (Å²) in [6.45, 7) is 0.926. The first-order chi connectivity index (χ1) is 16.3. The number of rotatable bonds is 8. The predicted octanol–water partition coefficient (Wildman–Crippen LogP) is 1.80. The third-order valence-corrected chi connectivity index (χ3v) is 7.25. The number of likely N-dealkylation sites (N-methyl/N-ethyl adjacent to an activating group) is 2. The highest BCUT2D eigenvalue weighted by Gasteiger charge is 2.64. The Morgan fingerprint density at radius 1 is 0.971 bits per heavy atom. The van der Waals surface area contributed by atoms with Gasteiger partial charge in [-0.15, -0.1) is 0 Å². The number of ether oxygens (including phenoxy) is 1. The molecule has 1 heterocycles. The summed E-state index contributed by atoms with van der Waals surface area (Å²) in [5, 5.41) is 8.98. The molecule has 1 aliphatic heterocycles. The lowest BCUT2D eigenvalue weighted by Crippen LogP contribution is -2.89. The van der Waals surface area contributed by atoms with Crippen molar-refractivity contribution in [1.82, 2.24) is 26.0 Å². The van der Waals surface area contributed by atoms with Crippen molar-refractivity contribution in [2.75, 3.05) is 27.7 Å². The summed E-state index contributed by atoms with van der Waals surface area (Å²) < 4.78 is 6.76. The summed E-state index contributed by atoms with van der Waals surface area (Å²) in [7, 11) is 5.77. The molecular weight excluding hydrogens is 426 g/mol. The molecule has 8 nitrogen and oxygen atoms in total. The molecule has 1 saturated carbocycles. The van der Waals surface area contributed by atoms with E-state index in [1.165, 1.54) is 19.3 Å². The van der Waals surface area contributed by atoms with Crippen LogP contribution in [0.25, 0.3) is 0 Å². The van der Waals surface area contributed by atoms with E-state index in [1.807, 2.05) is 62.4 Å². The van der Waals surface area contributed by atoms with Crippen LogP contribution in [0.5, 0.6) is 0 Å². The van der Waals surface area contributed by atoms with Gasteiger partial charge in [0, 0.05) is 12.6 Å². The van der Waals surface area contributed by atoms with Crippen molar-refractivity contribution in [1.29, 1.82) is 0 Å². The molecule has 4 rings (SSSR count). The quantitative estimate of drug-likeness (QED) is 0.375. The maximum absolute atomic E-state index is 7.51. The summed E-state index contributed by atoms with van der Waals surface area (Å²) in [5.74, 6) is -2.30. The molecule has 1 saturated heterocycles. The number of hydrogen-bond acceptors (Lipinski definition) is 8. The van der Waals surface area contributed by atoms with Crippen molar-refractivity contribution >= 4 is 0 Å². The first-order valence-corrected chi connectivity index (χ1v) is 12.4. The van der Waals surface area contributed by atoms with Crippen LogP contribution in [0.1, 0.15) is 43.2 Å². The first-order valence-electron chi connectivity index (χ1n) is 12.4. The van der Waals surface area contributed by atoms with Crippen LogP contribution < -0.4 is 27.5 Å². The van der Waals surface area contributed by atoms with Crippen molar-refractivity contribution in [3.05, 3.63) is 71.8 Å². The zero-order valence-corrected chi connectivity index (χ0v) is 20.8. The van der Waals surface area contributed by atoms with Gasteiger partial charge in [-0.1, -0.05) is 79.9 Å². The number of nitrogens with two attached hydrogens (primary N) is 2. The van der Waals surface area contributed by atoms with Crippen LogP contribution in [-0.2, 0) is 16.9 Å². The smallest absolute Gasteiger partial charge is 0.218 e. The Balaban J connectivity index is 1.81. The highest BCUT2D eigenvalue weighted by atomic mass is 16.6. The van der Waals surface area contributed by atoms with Crippen LogP contribution in [-0.4, -0.2) is 55.3 Å². The predicted molar refractivity (Wildman–Crippen MR) is 136 cm³/mol. The molecular formula is C26H41N7O. The average molecular weight is 468 g/mol. The second kappa shape index (κ2) is 10.4. The van der Waals surface area contributed by atoms with E-state index in [1.54, 1.807) is 0 Å². The Bertz CT molecular complexity index is 908. The number of hydrazine groups is 1. The van der Waals surface area contributed by atoms with Gasteiger partial charge in [-0.3, -0.25) is 21.3 Å². The summed E-state index contributed by atoms with van der Waals surface area (Å²) in [6, 6.07) is 20.8. The molecule has 186 valence electrons. The molecule has 34 heavy (non-hydrogen) atoms. The van der Waals surface area contributed by atoms with Crippen molar-refractivity contribution in [2.24, 2.45) is 11.5 Å². The van der Waals surface area contributed by atoms with Gasteiger partial charge in [0.05, 0.1) is 6.54 Å². The standard InChI is InChI=1S/C26H41N7O/c1-29-24(27)20-33(31-23-17-11-6-12-18-23)25(28,22-15-9-5-10-16-22)26(34-24,32(2)3)30-19-21-13-7-4-8-14-21/h4-5,7-10,13-16,23,29-31H,6,11-12,17-20,27-28H2,1-3H3. The van der Waals surface area contributed by atoms with Gasteiger partial charge in [0.25, 0.3) is 0 Å². The second-order valence-electron chi connectivity index (χ2n) is 9.80. The summed E-state index contributed by atoms with van der Waals surface area (Å²) in [5.41, 5.74) is 19.1. The second-order valence-corrected chi connectivity index (χ2v) is 9.80. The first kappa shape index (κ1) is 25.2. The lowest BCUT2D eigenvalue weighted by Gasteiger charge is -2.63. The molecule has 2 aromatic rings. The van der Waals surface area contributed by atoms with Crippen LogP contribution in [0.4, 0.5) is 0 Å². The van der Waals surface area contributed by atoms with Gasteiger partial charge >= 0.3 is 0 Å². The molecule has 3 unspecified atom stereocenters. The number of hydrogen-bond donors (Lipinski definition) is 5. The van der Waals surface area contributed by atoms with E-state index in [4.69, 9.17) is 16.2 Å². The molecule has 2 aliphatic rings. The van der Waals surface area contributed by atoms with Gasteiger partial charge in [0.15, 0.2) is 11.5 Å². The SMILES string of the molecule is CNC1(N)CN(NC2CCCCC2)C(N)(c2ccccc2)C(NCc2ccccc2)(N(C)C)O1.